The first kappa shape index (κ1) is 24.1. The van der Waals surface area contributed by atoms with Crippen molar-refractivity contribution in [3.8, 4) is 22.7 Å². The molecule has 0 radical (unpaired) electrons. The van der Waals surface area contributed by atoms with E-state index in [1.807, 2.05) is 30.3 Å². The fourth-order valence-electron chi connectivity index (χ4n) is 3.69. The molecule has 10 heteroatoms. The van der Waals surface area contributed by atoms with Crippen molar-refractivity contribution in [3.63, 3.8) is 0 Å². The Hall–Kier alpha value is -4.99. The van der Waals surface area contributed by atoms with Gasteiger partial charge in [-0.05, 0) is 42.5 Å². The van der Waals surface area contributed by atoms with Crippen LogP contribution in [-0.4, -0.2) is 33.6 Å². The fraction of sp³-hybridized carbons (Fsp3) is 0.115. The molecular formula is C26H23N5O5. The number of amides is 2. The molecule has 3 aromatic carbocycles. The van der Waals surface area contributed by atoms with E-state index in [2.05, 4.69) is 15.7 Å². The van der Waals surface area contributed by atoms with E-state index in [1.54, 1.807) is 41.2 Å². The van der Waals surface area contributed by atoms with Crippen LogP contribution >= 0.6 is 0 Å². The molecule has 10 nitrogen and oxygen atoms in total. The number of aromatic nitrogens is 2. The first-order valence-corrected chi connectivity index (χ1v) is 11.0. The summed E-state index contributed by atoms with van der Waals surface area (Å²) in [5.74, 6) is -0.102. The second kappa shape index (κ2) is 10.5. The van der Waals surface area contributed by atoms with Gasteiger partial charge in [-0.25, -0.2) is 4.68 Å². The number of carbonyl (C=O) groups excluding carboxylic acids is 2. The van der Waals surface area contributed by atoms with E-state index in [9.17, 15) is 19.7 Å². The van der Waals surface area contributed by atoms with E-state index < -0.39 is 4.92 Å². The molecule has 4 rings (SSSR count). The quantitative estimate of drug-likeness (QED) is 0.277. The highest BCUT2D eigenvalue weighted by molar-refractivity contribution is 5.96. The van der Waals surface area contributed by atoms with Gasteiger partial charge in [0.05, 0.1) is 35.5 Å². The van der Waals surface area contributed by atoms with Crippen LogP contribution in [-0.2, 0) is 16.0 Å². The second-order valence-electron chi connectivity index (χ2n) is 7.91. The second-order valence-corrected chi connectivity index (χ2v) is 7.91. The maximum atomic E-state index is 13.0. The lowest BCUT2D eigenvalue weighted by Gasteiger charge is -2.12. The van der Waals surface area contributed by atoms with Gasteiger partial charge >= 0.3 is 0 Å². The summed E-state index contributed by atoms with van der Waals surface area (Å²) in [5.41, 5.74) is 3.52. The number of nitrogens with one attached hydrogen (secondary N) is 2. The molecule has 0 fully saturated rings. The topological polar surface area (TPSA) is 128 Å². The molecule has 0 aliphatic carbocycles. The van der Waals surface area contributed by atoms with Crippen molar-refractivity contribution in [2.75, 3.05) is 17.7 Å². The van der Waals surface area contributed by atoms with Gasteiger partial charge in [0.2, 0.25) is 11.8 Å². The molecule has 0 atom stereocenters. The van der Waals surface area contributed by atoms with Crippen molar-refractivity contribution in [2.24, 2.45) is 0 Å². The molecule has 0 saturated heterocycles. The summed E-state index contributed by atoms with van der Waals surface area (Å²) in [6.45, 7) is 1.38. The zero-order valence-electron chi connectivity index (χ0n) is 19.6. The largest absolute Gasteiger partial charge is 0.495 e. The maximum absolute atomic E-state index is 13.0. The zero-order valence-corrected chi connectivity index (χ0v) is 19.6. The van der Waals surface area contributed by atoms with Crippen molar-refractivity contribution < 1.29 is 19.2 Å². The minimum atomic E-state index is -0.467. The molecule has 0 aliphatic rings. The molecule has 1 heterocycles. The molecule has 0 aliphatic heterocycles. The molecule has 1 aromatic heterocycles. The number of non-ortho nitro benzene ring substituents is 1. The van der Waals surface area contributed by atoms with Crippen LogP contribution < -0.4 is 15.4 Å². The van der Waals surface area contributed by atoms with Crippen LogP contribution in [0.25, 0.3) is 16.9 Å². The van der Waals surface area contributed by atoms with Crippen LogP contribution in [0, 0.1) is 10.1 Å². The standard InChI is InChI=1S/C26H23N5O5/c1-17(32)27-23-15-20(10-13-24(23)36-2)28-25(33)14-19-16-30(21-6-4-3-5-7-21)29-26(19)18-8-11-22(12-9-18)31(34)35/h3-13,15-16H,14H2,1-2H3,(H,27,32)(H,28,33). The molecule has 0 saturated carbocycles. The van der Waals surface area contributed by atoms with Crippen LogP contribution in [0.5, 0.6) is 5.75 Å². The third-order valence-corrected chi connectivity index (χ3v) is 5.31. The molecule has 36 heavy (non-hydrogen) atoms. The number of anilines is 2. The van der Waals surface area contributed by atoms with Gasteiger partial charge in [0.25, 0.3) is 5.69 Å². The van der Waals surface area contributed by atoms with Gasteiger partial charge in [-0.15, -0.1) is 0 Å². The highest BCUT2D eigenvalue weighted by Gasteiger charge is 2.17. The van der Waals surface area contributed by atoms with E-state index in [4.69, 9.17) is 4.74 Å². The lowest BCUT2D eigenvalue weighted by molar-refractivity contribution is -0.384. The minimum Gasteiger partial charge on any atom is -0.495 e. The van der Waals surface area contributed by atoms with Crippen molar-refractivity contribution in [1.29, 1.82) is 0 Å². The van der Waals surface area contributed by atoms with Gasteiger partial charge in [0.15, 0.2) is 0 Å². The van der Waals surface area contributed by atoms with Crippen LogP contribution in [0.3, 0.4) is 0 Å². The summed E-state index contributed by atoms with van der Waals surface area (Å²) < 4.78 is 6.92. The van der Waals surface area contributed by atoms with Gasteiger partial charge in [-0.1, -0.05) is 18.2 Å². The minimum absolute atomic E-state index is 0.000649. The summed E-state index contributed by atoms with van der Waals surface area (Å²) >= 11 is 0. The van der Waals surface area contributed by atoms with E-state index in [-0.39, 0.29) is 23.9 Å². The Labute approximate surface area is 206 Å². The molecule has 0 unspecified atom stereocenters. The Morgan fingerprint density at radius 3 is 2.39 bits per heavy atom. The number of hydrogen-bond donors (Lipinski definition) is 2. The van der Waals surface area contributed by atoms with Crippen molar-refractivity contribution in [3.05, 3.63) is 94.7 Å². The van der Waals surface area contributed by atoms with Gasteiger partial charge in [0.1, 0.15) is 5.75 Å². The summed E-state index contributed by atoms with van der Waals surface area (Å²) in [5, 5.41) is 21.2. The number of benzene rings is 3. The van der Waals surface area contributed by atoms with E-state index in [0.29, 0.717) is 33.9 Å². The van der Waals surface area contributed by atoms with E-state index >= 15 is 0 Å². The average molecular weight is 486 g/mol. The number of nitrogens with zero attached hydrogens (tertiary/aromatic N) is 3. The number of hydrogen-bond acceptors (Lipinski definition) is 6. The molecular weight excluding hydrogens is 462 g/mol. The first-order valence-electron chi connectivity index (χ1n) is 11.0. The SMILES string of the molecule is COc1ccc(NC(=O)Cc2cn(-c3ccccc3)nc2-c2ccc([N+](=O)[O-])cc2)cc1NC(C)=O. The Morgan fingerprint density at radius 1 is 1.03 bits per heavy atom. The van der Waals surface area contributed by atoms with E-state index in [1.165, 1.54) is 26.2 Å². The lowest BCUT2D eigenvalue weighted by Crippen LogP contribution is -2.15. The summed E-state index contributed by atoms with van der Waals surface area (Å²) in [6.07, 6.45) is 1.77. The number of methoxy groups -OCH3 is 1. The normalized spacial score (nSPS) is 10.5. The van der Waals surface area contributed by atoms with Gasteiger partial charge in [0, 0.05) is 42.1 Å². The number of carbonyl (C=O) groups is 2. The molecule has 2 amide bonds. The Balaban J connectivity index is 1.63. The molecule has 0 bridgehead atoms. The Morgan fingerprint density at radius 2 is 1.75 bits per heavy atom. The summed E-state index contributed by atoms with van der Waals surface area (Å²) in [6, 6.07) is 20.4. The summed E-state index contributed by atoms with van der Waals surface area (Å²) in [4.78, 5) is 35.1. The van der Waals surface area contributed by atoms with Crippen LogP contribution in [0.1, 0.15) is 12.5 Å². The van der Waals surface area contributed by atoms with Crippen molar-refractivity contribution >= 4 is 28.9 Å². The number of ether oxygens (including phenoxy) is 1. The highest BCUT2D eigenvalue weighted by Crippen LogP contribution is 2.29. The number of rotatable bonds is 8. The molecule has 4 aromatic rings. The number of nitro benzene ring substituents is 1. The smallest absolute Gasteiger partial charge is 0.269 e. The third kappa shape index (κ3) is 5.55. The van der Waals surface area contributed by atoms with Crippen molar-refractivity contribution in [2.45, 2.75) is 13.3 Å². The zero-order chi connectivity index (χ0) is 25.7. The van der Waals surface area contributed by atoms with Crippen LogP contribution in [0.4, 0.5) is 17.1 Å². The first-order chi connectivity index (χ1) is 17.3. The predicted octanol–water partition coefficient (Wildman–Crippen LogP) is 4.60. The van der Waals surface area contributed by atoms with Crippen molar-refractivity contribution in [1.82, 2.24) is 9.78 Å². The van der Waals surface area contributed by atoms with Gasteiger partial charge < -0.3 is 15.4 Å². The number of para-hydroxylation sites is 1. The van der Waals surface area contributed by atoms with Crippen LogP contribution in [0.2, 0.25) is 0 Å². The van der Waals surface area contributed by atoms with Crippen LogP contribution in [0.15, 0.2) is 79.0 Å². The lowest BCUT2D eigenvalue weighted by atomic mass is 10.1. The van der Waals surface area contributed by atoms with E-state index in [0.717, 1.165) is 5.69 Å². The third-order valence-electron chi connectivity index (χ3n) is 5.31. The Kier molecular flexibility index (Phi) is 7.05. The molecule has 2 N–H and O–H groups in total. The maximum Gasteiger partial charge on any atom is 0.269 e. The fourth-order valence-corrected chi connectivity index (χ4v) is 3.69. The molecule has 182 valence electrons. The average Bonchev–Trinajstić information content (AvgIpc) is 3.28. The van der Waals surface area contributed by atoms with Gasteiger partial charge in [-0.3, -0.25) is 19.7 Å². The molecule has 0 spiro atoms. The monoisotopic (exact) mass is 485 g/mol. The predicted molar refractivity (Wildman–Crippen MR) is 135 cm³/mol. The number of nitro groups is 1. The Bertz CT molecular complexity index is 1410. The van der Waals surface area contributed by atoms with Gasteiger partial charge in [-0.2, -0.15) is 5.10 Å². The highest BCUT2D eigenvalue weighted by atomic mass is 16.6. The summed E-state index contributed by atoms with van der Waals surface area (Å²) in [7, 11) is 1.49.